The minimum atomic E-state index is -0.442. The molecule has 0 spiro atoms. The van der Waals surface area contributed by atoms with E-state index in [-0.39, 0.29) is 24.9 Å². The lowest BCUT2D eigenvalue weighted by molar-refractivity contribution is -0.123. The molecule has 142 valence electrons. The lowest BCUT2D eigenvalue weighted by Gasteiger charge is -2.13. The van der Waals surface area contributed by atoms with Gasteiger partial charge in [0, 0.05) is 10.2 Å². The van der Waals surface area contributed by atoms with Crippen LogP contribution in [0.5, 0.6) is 0 Å². The molecule has 3 amide bonds. The second kappa shape index (κ2) is 9.32. The molecule has 0 aromatic heterocycles. The van der Waals surface area contributed by atoms with E-state index in [1.54, 1.807) is 24.3 Å². The van der Waals surface area contributed by atoms with Crippen molar-refractivity contribution in [3.8, 4) is 0 Å². The molecule has 6 nitrogen and oxygen atoms in total. The maximum atomic E-state index is 12.1. The van der Waals surface area contributed by atoms with Gasteiger partial charge in [0.15, 0.2) is 0 Å². The number of amides is 3. The molecule has 0 aliphatic heterocycles. The molecule has 2 rings (SSSR count). The van der Waals surface area contributed by atoms with Crippen molar-refractivity contribution in [3.63, 3.8) is 0 Å². The van der Waals surface area contributed by atoms with Crippen molar-refractivity contribution in [1.82, 2.24) is 10.6 Å². The molecule has 0 bridgehead atoms. The lowest BCUT2D eigenvalue weighted by atomic mass is 10.1. The number of benzene rings is 2. The molecule has 27 heavy (non-hydrogen) atoms. The van der Waals surface area contributed by atoms with Crippen LogP contribution in [0.3, 0.4) is 0 Å². The molecular formula is C20H22BrN3O3. The van der Waals surface area contributed by atoms with Crippen molar-refractivity contribution in [2.45, 2.75) is 20.8 Å². The fourth-order valence-corrected chi connectivity index (χ4v) is 3.17. The van der Waals surface area contributed by atoms with E-state index in [1.165, 1.54) is 0 Å². The highest BCUT2D eigenvalue weighted by Gasteiger charge is 2.12. The van der Waals surface area contributed by atoms with Gasteiger partial charge in [-0.05, 0) is 60.0 Å². The number of aryl methyl sites for hydroxylation is 3. The maximum absolute atomic E-state index is 12.1. The van der Waals surface area contributed by atoms with Crippen LogP contribution in [0.4, 0.5) is 5.69 Å². The number of rotatable bonds is 6. The Hall–Kier alpha value is -2.67. The average molecular weight is 432 g/mol. The van der Waals surface area contributed by atoms with E-state index in [1.807, 2.05) is 32.9 Å². The smallest absolute Gasteiger partial charge is 0.252 e. The van der Waals surface area contributed by atoms with E-state index < -0.39 is 5.91 Å². The van der Waals surface area contributed by atoms with Crippen molar-refractivity contribution in [3.05, 3.63) is 63.1 Å². The predicted molar refractivity (Wildman–Crippen MR) is 109 cm³/mol. The summed E-state index contributed by atoms with van der Waals surface area (Å²) in [5, 5.41) is 7.83. The molecule has 0 unspecified atom stereocenters. The Bertz CT molecular complexity index is 858. The van der Waals surface area contributed by atoms with Gasteiger partial charge in [-0.15, -0.1) is 0 Å². The zero-order valence-corrected chi connectivity index (χ0v) is 17.1. The second-order valence-electron chi connectivity index (χ2n) is 6.26. The molecule has 2 aromatic rings. The van der Waals surface area contributed by atoms with Crippen molar-refractivity contribution >= 4 is 39.3 Å². The third-order valence-corrected chi connectivity index (χ3v) is 4.61. The standard InChI is InChI=1S/C20H22BrN3O3/c1-12-8-13(2)19(14(3)9-12)24-18(26)11-22-17(25)10-23-20(27)15-6-4-5-7-16(15)21/h4-9H,10-11H2,1-3H3,(H,22,25)(H,23,27)(H,24,26). The first-order valence-electron chi connectivity index (χ1n) is 8.45. The van der Waals surface area contributed by atoms with Gasteiger partial charge in [0.05, 0.1) is 18.7 Å². The first-order chi connectivity index (χ1) is 12.8. The van der Waals surface area contributed by atoms with Crippen molar-refractivity contribution in [1.29, 1.82) is 0 Å². The Morgan fingerprint density at radius 2 is 1.48 bits per heavy atom. The van der Waals surface area contributed by atoms with Gasteiger partial charge in [0.1, 0.15) is 0 Å². The third kappa shape index (κ3) is 5.92. The summed E-state index contributed by atoms with van der Waals surface area (Å²) in [6.07, 6.45) is 0. The van der Waals surface area contributed by atoms with E-state index in [9.17, 15) is 14.4 Å². The van der Waals surface area contributed by atoms with Crippen molar-refractivity contribution in [2.75, 3.05) is 18.4 Å². The summed E-state index contributed by atoms with van der Waals surface area (Å²) < 4.78 is 0.645. The van der Waals surface area contributed by atoms with E-state index in [4.69, 9.17) is 0 Å². The molecule has 3 N–H and O–H groups in total. The molecule has 0 radical (unpaired) electrons. The molecule has 0 saturated carbocycles. The zero-order valence-electron chi connectivity index (χ0n) is 15.5. The minimum Gasteiger partial charge on any atom is -0.345 e. The van der Waals surface area contributed by atoms with Crippen LogP contribution >= 0.6 is 15.9 Å². The summed E-state index contributed by atoms with van der Waals surface area (Å²) in [4.78, 5) is 36.0. The lowest BCUT2D eigenvalue weighted by Crippen LogP contribution is -2.40. The number of carbonyl (C=O) groups excluding carboxylic acids is 3. The highest BCUT2D eigenvalue weighted by molar-refractivity contribution is 9.10. The highest BCUT2D eigenvalue weighted by Crippen LogP contribution is 2.21. The summed E-state index contributed by atoms with van der Waals surface area (Å²) in [5.41, 5.74) is 4.24. The second-order valence-corrected chi connectivity index (χ2v) is 7.12. The van der Waals surface area contributed by atoms with Crippen molar-refractivity contribution < 1.29 is 14.4 Å². The molecule has 0 saturated heterocycles. The normalized spacial score (nSPS) is 10.2. The average Bonchev–Trinajstić information content (AvgIpc) is 2.61. The molecule has 0 heterocycles. The van der Waals surface area contributed by atoms with Crippen LogP contribution in [-0.4, -0.2) is 30.8 Å². The quantitative estimate of drug-likeness (QED) is 0.656. The number of nitrogens with one attached hydrogen (secondary N) is 3. The van der Waals surface area contributed by atoms with Crippen LogP contribution in [0.25, 0.3) is 0 Å². The number of carbonyl (C=O) groups is 3. The topological polar surface area (TPSA) is 87.3 Å². The van der Waals surface area contributed by atoms with Crippen LogP contribution in [0.15, 0.2) is 40.9 Å². The Balaban J connectivity index is 1.81. The molecule has 2 aromatic carbocycles. The van der Waals surface area contributed by atoms with Crippen LogP contribution in [-0.2, 0) is 9.59 Å². The summed E-state index contributed by atoms with van der Waals surface area (Å²) in [6.45, 7) is 5.46. The van der Waals surface area contributed by atoms with Crippen molar-refractivity contribution in [2.24, 2.45) is 0 Å². The molecule has 0 atom stereocenters. The number of hydrogen-bond donors (Lipinski definition) is 3. The van der Waals surface area contributed by atoms with Gasteiger partial charge in [-0.25, -0.2) is 0 Å². The van der Waals surface area contributed by atoms with Gasteiger partial charge in [-0.2, -0.15) is 0 Å². The molecular weight excluding hydrogens is 410 g/mol. The van der Waals surface area contributed by atoms with Crippen LogP contribution in [0.2, 0.25) is 0 Å². The van der Waals surface area contributed by atoms with E-state index in [0.717, 1.165) is 22.4 Å². The van der Waals surface area contributed by atoms with Gasteiger partial charge < -0.3 is 16.0 Å². The summed E-state index contributed by atoms with van der Waals surface area (Å²) in [5.74, 6) is -1.13. The zero-order chi connectivity index (χ0) is 20.0. The fraction of sp³-hybridized carbons (Fsp3) is 0.250. The Kier molecular flexibility index (Phi) is 7.12. The first-order valence-corrected chi connectivity index (χ1v) is 9.24. The monoisotopic (exact) mass is 431 g/mol. The first kappa shape index (κ1) is 20.6. The van der Waals surface area contributed by atoms with Gasteiger partial charge in [0.2, 0.25) is 11.8 Å². The molecule has 0 fully saturated rings. The fourth-order valence-electron chi connectivity index (χ4n) is 2.70. The molecule has 7 heteroatoms. The van der Waals surface area contributed by atoms with Gasteiger partial charge >= 0.3 is 0 Å². The minimum absolute atomic E-state index is 0.170. The Labute approximate surface area is 166 Å². The molecule has 0 aliphatic carbocycles. The maximum Gasteiger partial charge on any atom is 0.252 e. The van der Waals surface area contributed by atoms with Crippen LogP contribution in [0.1, 0.15) is 27.0 Å². The number of hydrogen-bond acceptors (Lipinski definition) is 3. The van der Waals surface area contributed by atoms with E-state index >= 15 is 0 Å². The van der Waals surface area contributed by atoms with E-state index in [2.05, 4.69) is 31.9 Å². The predicted octanol–water partition coefficient (Wildman–Crippen LogP) is 2.86. The Morgan fingerprint density at radius 3 is 2.11 bits per heavy atom. The molecule has 0 aliphatic rings. The van der Waals surface area contributed by atoms with Crippen LogP contribution < -0.4 is 16.0 Å². The summed E-state index contributed by atoms with van der Waals surface area (Å²) >= 11 is 3.29. The number of anilines is 1. The largest absolute Gasteiger partial charge is 0.345 e. The summed E-state index contributed by atoms with van der Waals surface area (Å²) in [7, 11) is 0. The number of halogens is 1. The van der Waals surface area contributed by atoms with Gasteiger partial charge in [-0.1, -0.05) is 29.8 Å². The van der Waals surface area contributed by atoms with Gasteiger partial charge in [0.25, 0.3) is 5.91 Å². The third-order valence-electron chi connectivity index (χ3n) is 3.92. The highest BCUT2D eigenvalue weighted by atomic mass is 79.9. The Morgan fingerprint density at radius 1 is 0.889 bits per heavy atom. The van der Waals surface area contributed by atoms with E-state index in [0.29, 0.717) is 10.0 Å². The van der Waals surface area contributed by atoms with Crippen LogP contribution in [0, 0.1) is 20.8 Å². The summed E-state index contributed by atoms with van der Waals surface area (Å²) in [6, 6.07) is 10.9. The SMILES string of the molecule is Cc1cc(C)c(NC(=O)CNC(=O)CNC(=O)c2ccccc2Br)c(C)c1. The van der Waals surface area contributed by atoms with Gasteiger partial charge in [-0.3, -0.25) is 14.4 Å².